The Kier molecular flexibility index (Phi) is 5.03. The largest absolute Gasteiger partial charge is 0.457 e. The first-order chi connectivity index (χ1) is 9.97. The van der Waals surface area contributed by atoms with Crippen molar-refractivity contribution in [1.82, 2.24) is 5.32 Å². The molecule has 0 saturated heterocycles. The minimum absolute atomic E-state index is 0.496. The standard InChI is InChI=1S/C19H25NO/c1-13(2)20-12-17-9-10-18(11-15(17)4)21-19-8-6-7-14(3)16(19)5/h6-11,13,20H,12H2,1-5H3. The van der Waals surface area contributed by atoms with Crippen LogP contribution in [-0.4, -0.2) is 6.04 Å². The van der Waals surface area contributed by atoms with Gasteiger partial charge in [0.25, 0.3) is 0 Å². The van der Waals surface area contributed by atoms with Crippen LogP contribution in [0.2, 0.25) is 0 Å². The summed E-state index contributed by atoms with van der Waals surface area (Å²) in [5.41, 5.74) is 5.02. The van der Waals surface area contributed by atoms with Crippen molar-refractivity contribution in [2.45, 2.75) is 47.2 Å². The fourth-order valence-corrected chi connectivity index (χ4v) is 2.21. The summed E-state index contributed by atoms with van der Waals surface area (Å²) in [5.74, 6) is 1.83. The minimum Gasteiger partial charge on any atom is -0.457 e. The molecule has 0 aliphatic heterocycles. The van der Waals surface area contributed by atoms with E-state index in [1.807, 2.05) is 18.2 Å². The van der Waals surface area contributed by atoms with Gasteiger partial charge in [-0.2, -0.15) is 0 Å². The molecule has 0 fully saturated rings. The Hall–Kier alpha value is -1.80. The molecular formula is C19H25NO. The second-order valence-electron chi connectivity index (χ2n) is 5.92. The number of rotatable bonds is 5. The first kappa shape index (κ1) is 15.6. The van der Waals surface area contributed by atoms with Crippen molar-refractivity contribution in [3.63, 3.8) is 0 Å². The molecule has 0 unspecified atom stereocenters. The van der Waals surface area contributed by atoms with Gasteiger partial charge in [0.05, 0.1) is 0 Å². The molecule has 2 rings (SSSR count). The summed E-state index contributed by atoms with van der Waals surface area (Å²) < 4.78 is 6.03. The molecule has 0 atom stereocenters. The first-order valence-electron chi connectivity index (χ1n) is 7.54. The Balaban J connectivity index is 2.15. The van der Waals surface area contributed by atoms with Crippen LogP contribution in [0.1, 0.15) is 36.1 Å². The van der Waals surface area contributed by atoms with Crippen LogP contribution in [0, 0.1) is 20.8 Å². The molecule has 0 aromatic heterocycles. The molecule has 2 aromatic carbocycles. The molecule has 0 heterocycles. The maximum atomic E-state index is 6.03. The lowest BCUT2D eigenvalue weighted by Crippen LogP contribution is -2.22. The van der Waals surface area contributed by atoms with Gasteiger partial charge in [-0.3, -0.25) is 0 Å². The third-order valence-corrected chi connectivity index (χ3v) is 3.80. The second-order valence-corrected chi connectivity index (χ2v) is 5.92. The SMILES string of the molecule is Cc1cc(Oc2cccc(C)c2C)ccc1CNC(C)C. The maximum Gasteiger partial charge on any atom is 0.130 e. The molecule has 0 spiro atoms. The van der Waals surface area contributed by atoms with E-state index in [9.17, 15) is 0 Å². The van der Waals surface area contributed by atoms with Crippen LogP contribution >= 0.6 is 0 Å². The van der Waals surface area contributed by atoms with Crippen LogP contribution in [0.3, 0.4) is 0 Å². The molecule has 0 saturated carbocycles. The summed E-state index contributed by atoms with van der Waals surface area (Å²) in [6, 6.07) is 13.0. The van der Waals surface area contributed by atoms with Gasteiger partial charge in [0.2, 0.25) is 0 Å². The average molecular weight is 283 g/mol. The molecule has 2 nitrogen and oxygen atoms in total. The van der Waals surface area contributed by atoms with Gasteiger partial charge in [-0.1, -0.05) is 32.0 Å². The Bertz CT molecular complexity index is 617. The van der Waals surface area contributed by atoms with Gasteiger partial charge in [0, 0.05) is 12.6 Å². The van der Waals surface area contributed by atoms with Crippen molar-refractivity contribution in [2.75, 3.05) is 0 Å². The fourth-order valence-electron chi connectivity index (χ4n) is 2.21. The molecule has 2 heteroatoms. The van der Waals surface area contributed by atoms with Crippen molar-refractivity contribution in [1.29, 1.82) is 0 Å². The number of hydrogen-bond acceptors (Lipinski definition) is 2. The molecule has 2 aromatic rings. The van der Waals surface area contributed by atoms with E-state index in [0.717, 1.165) is 18.0 Å². The van der Waals surface area contributed by atoms with Crippen LogP contribution in [-0.2, 0) is 6.54 Å². The summed E-state index contributed by atoms with van der Waals surface area (Å²) in [6.07, 6.45) is 0. The number of hydrogen-bond donors (Lipinski definition) is 1. The van der Waals surface area contributed by atoms with E-state index in [-0.39, 0.29) is 0 Å². The van der Waals surface area contributed by atoms with Crippen molar-refractivity contribution in [3.05, 3.63) is 58.7 Å². The third-order valence-electron chi connectivity index (χ3n) is 3.80. The summed E-state index contributed by atoms with van der Waals surface area (Å²) in [5, 5.41) is 3.45. The highest BCUT2D eigenvalue weighted by Gasteiger charge is 2.06. The van der Waals surface area contributed by atoms with Gasteiger partial charge in [-0.05, 0) is 61.2 Å². The highest BCUT2D eigenvalue weighted by Crippen LogP contribution is 2.28. The quantitative estimate of drug-likeness (QED) is 0.842. The Morgan fingerprint density at radius 3 is 2.43 bits per heavy atom. The zero-order valence-electron chi connectivity index (χ0n) is 13.7. The fraction of sp³-hybridized carbons (Fsp3) is 0.368. The predicted octanol–water partition coefficient (Wildman–Crippen LogP) is 4.90. The highest BCUT2D eigenvalue weighted by molar-refractivity contribution is 5.43. The molecule has 1 N–H and O–H groups in total. The zero-order chi connectivity index (χ0) is 15.4. The van der Waals surface area contributed by atoms with Crippen LogP contribution < -0.4 is 10.1 Å². The van der Waals surface area contributed by atoms with Gasteiger partial charge in [-0.15, -0.1) is 0 Å². The topological polar surface area (TPSA) is 21.3 Å². The van der Waals surface area contributed by atoms with Crippen LogP contribution in [0.4, 0.5) is 0 Å². The lowest BCUT2D eigenvalue weighted by atomic mass is 10.1. The number of benzene rings is 2. The van der Waals surface area contributed by atoms with E-state index in [1.54, 1.807) is 0 Å². The van der Waals surface area contributed by atoms with E-state index in [1.165, 1.54) is 22.3 Å². The van der Waals surface area contributed by atoms with Crippen LogP contribution in [0.25, 0.3) is 0 Å². The summed E-state index contributed by atoms with van der Waals surface area (Å²) in [7, 11) is 0. The smallest absolute Gasteiger partial charge is 0.130 e. The van der Waals surface area contributed by atoms with Crippen LogP contribution in [0.5, 0.6) is 11.5 Å². The average Bonchev–Trinajstić information content (AvgIpc) is 2.43. The van der Waals surface area contributed by atoms with Crippen molar-refractivity contribution in [2.24, 2.45) is 0 Å². The minimum atomic E-state index is 0.496. The molecule has 0 aliphatic carbocycles. The van der Waals surface area contributed by atoms with Crippen molar-refractivity contribution >= 4 is 0 Å². The molecule has 112 valence electrons. The summed E-state index contributed by atoms with van der Waals surface area (Å²) in [6.45, 7) is 11.5. The Labute approximate surface area is 128 Å². The van der Waals surface area contributed by atoms with E-state index in [0.29, 0.717) is 6.04 Å². The predicted molar refractivity (Wildman–Crippen MR) is 89.1 cm³/mol. The Morgan fingerprint density at radius 2 is 1.76 bits per heavy atom. The summed E-state index contributed by atoms with van der Waals surface area (Å²) in [4.78, 5) is 0. The van der Waals surface area contributed by atoms with Gasteiger partial charge in [0.1, 0.15) is 11.5 Å². The molecule has 0 radical (unpaired) electrons. The number of aryl methyl sites for hydroxylation is 2. The molecule has 0 amide bonds. The molecular weight excluding hydrogens is 258 g/mol. The third kappa shape index (κ3) is 4.08. The number of nitrogens with one attached hydrogen (secondary N) is 1. The molecule has 0 bridgehead atoms. The van der Waals surface area contributed by atoms with Crippen molar-refractivity contribution in [3.8, 4) is 11.5 Å². The maximum absolute atomic E-state index is 6.03. The van der Waals surface area contributed by atoms with E-state index < -0.39 is 0 Å². The Morgan fingerprint density at radius 1 is 1.00 bits per heavy atom. The van der Waals surface area contributed by atoms with E-state index >= 15 is 0 Å². The lowest BCUT2D eigenvalue weighted by Gasteiger charge is -2.14. The second kappa shape index (κ2) is 6.77. The van der Waals surface area contributed by atoms with Gasteiger partial charge in [0.15, 0.2) is 0 Å². The summed E-state index contributed by atoms with van der Waals surface area (Å²) >= 11 is 0. The zero-order valence-corrected chi connectivity index (χ0v) is 13.7. The van der Waals surface area contributed by atoms with Gasteiger partial charge in [-0.25, -0.2) is 0 Å². The highest BCUT2D eigenvalue weighted by atomic mass is 16.5. The van der Waals surface area contributed by atoms with Crippen LogP contribution in [0.15, 0.2) is 36.4 Å². The van der Waals surface area contributed by atoms with Crippen molar-refractivity contribution < 1.29 is 4.74 Å². The normalized spacial score (nSPS) is 11.0. The number of ether oxygens (including phenoxy) is 1. The van der Waals surface area contributed by atoms with Gasteiger partial charge >= 0.3 is 0 Å². The monoisotopic (exact) mass is 283 g/mol. The van der Waals surface area contributed by atoms with E-state index in [2.05, 4.69) is 58.1 Å². The molecule has 21 heavy (non-hydrogen) atoms. The van der Waals surface area contributed by atoms with E-state index in [4.69, 9.17) is 4.74 Å². The lowest BCUT2D eigenvalue weighted by molar-refractivity contribution is 0.477. The van der Waals surface area contributed by atoms with Gasteiger partial charge < -0.3 is 10.1 Å². The first-order valence-corrected chi connectivity index (χ1v) is 7.54. The molecule has 0 aliphatic rings.